The fourth-order valence-corrected chi connectivity index (χ4v) is 9.28. The minimum Gasteiger partial charge on any atom is -0.389 e. The van der Waals surface area contributed by atoms with E-state index in [4.69, 9.17) is 5.43 Å². The average Bonchev–Trinajstić information content (AvgIpc) is 3.28. The van der Waals surface area contributed by atoms with Crippen molar-refractivity contribution < 1.29 is 23.0 Å². The molecule has 1 N–H and O–H groups in total. The van der Waals surface area contributed by atoms with Crippen LogP contribution in [0.4, 0.5) is 8.78 Å². The van der Waals surface area contributed by atoms with E-state index in [1.807, 2.05) is 0 Å². The van der Waals surface area contributed by atoms with Crippen molar-refractivity contribution in [3.8, 4) is 0 Å². The number of nitrogens with one attached hydrogen (secondary N) is 1. The first kappa shape index (κ1) is 22.6. The SMILES string of the molecule is C[C@]12CCC3C(CC[C@@]45[N-][N+]4(C)C(=O)[C@H](F)C[C@]35C)[C@@H]1CC[C@@H]2C(=O)NCc1ccccc1F. The summed E-state index contributed by atoms with van der Waals surface area (Å²) in [6, 6.07) is 6.57. The molecule has 34 heavy (non-hydrogen) atoms. The van der Waals surface area contributed by atoms with Crippen LogP contribution in [0.15, 0.2) is 24.3 Å². The summed E-state index contributed by atoms with van der Waals surface area (Å²) in [5.74, 6) is 0.456. The molecule has 3 saturated carbocycles. The second-order valence-corrected chi connectivity index (χ2v) is 12.2. The molecule has 7 heteroatoms. The van der Waals surface area contributed by atoms with Gasteiger partial charge in [-0.3, -0.25) is 4.79 Å². The molecular weight excluding hydrogens is 436 g/mol. The van der Waals surface area contributed by atoms with Gasteiger partial charge < -0.3 is 15.3 Å². The van der Waals surface area contributed by atoms with Crippen molar-refractivity contribution in [2.45, 2.75) is 77.2 Å². The Balaban J connectivity index is 1.21. The number of fused-ring (bicyclic) bond motifs is 4. The van der Waals surface area contributed by atoms with Crippen LogP contribution in [0, 0.1) is 40.3 Å². The first-order chi connectivity index (χ1) is 16.1. The first-order valence-corrected chi connectivity index (χ1v) is 12.9. The molecule has 2 saturated heterocycles. The summed E-state index contributed by atoms with van der Waals surface area (Å²) in [6.07, 6.45) is 4.38. The molecule has 5 aliphatic rings. The van der Waals surface area contributed by atoms with Crippen LogP contribution in [-0.2, 0) is 16.1 Å². The number of nitrogens with zero attached hydrogens (tertiary/aromatic N) is 2. The molecule has 3 unspecified atom stereocenters. The topological polar surface area (TPSA) is 60.3 Å². The van der Waals surface area contributed by atoms with Crippen LogP contribution in [0.25, 0.3) is 5.43 Å². The van der Waals surface area contributed by atoms with Gasteiger partial charge in [0.1, 0.15) is 5.82 Å². The number of rotatable bonds is 3. The number of piperidine rings is 1. The van der Waals surface area contributed by atoms with E-state index >= 15 is 0 Å². The second kappa shape index (κ2) is 7.10. The maximum Gasteiger partial charge on any atom is 0.337 e. The summed E-state index contributed by atoms with van der Waals surface area (Å²) in [6.45, 7) is 4.66. The number of quaternary nitrogens is 1. The zero-order valence-electron chi connectivity index (χ0n) is 20.3. The number of hydrogen-bond acceptors (Lipinski definition) is 2. The van der Waals surface area contributed by atoms with Gasteiger partial charge in [-0.2, -0.15) is 0 Å². The molecule has 1 spiro atoms. The van der Waals surface area contributed by atoms with E-state index in [9.17, 15) is 18.4 Å². The molecule has 2 amide bonds. The van der Waals surface area contributed by atoms with Crippen LogP contribution >= 0.6 is 0 Å². The lowest BCUT2D eigenvalue weighted by Crippen LogP contribution is -2.64. The van der Waals surface area contributed by atoms with Gasteiger partial charge in [0.2, 0.25) is 12.1 Å². The number of halogens is 2. The highest BCUT2D eigenvalue weighted by Gasteiger charge is 2.77. The van der Waals surface area contributed by atoms with Crippen LogP contribution in [0.1, 0.15) is 64.4 Å². The zero-order valence-corrected chi connectivity index (χ0v) is 20.3. The van der Waals surface area contributed by atoms with E-state index in [0.29, 0.717) is 23.3 Å². The van der Waals surface area contributed by atoms with Gasteiger partial charge in [-0.05, 0) is 67.8 Å². The van der Waals surface area contributed by atoms with Gasteiger partial charge in [0.15, 0.2) is 0 Å². The van der Waals surface area contributed by atoms with Crippen molar-refractivity contribution in [3.63, 3.8) is 0 Å². The summed E-state index contributed by atoms with van der Waals surface area (Å²) in [7, 11) is 1.80. The van der Waals surface area contributed by atoms with Gasteiger partial charge in [-0.25, -0.2) is 13.6 Å². The molecule has 5 fully saturated rings. The van der Waals surface area contributed by atoms with Crippen molar-refractivity contribution in [1.29, 1.82) is 0 Å². The maximum absolute atomic E-state index is 14.9. The molecule has 9 atom stereocenters. The third kappa shape index (κ3) is 2.66. The molecule has 0 bridgehead atoms. The number of hydrogen-bond donors (Lipinski definition) is 1. The Kier molecular flexibility index (Phi) is 4.72. The van der Waals surface area contributed by atoms with Crippen molar-refractivity contribution >= 4 is 11.8 Å². The van der Waals surface area contributed by atoms with Gasteiger partial charge in [0, 0.05) is 29.9 Å². The lowest BCUT2D eigenvalue weighted by atomic mass is 9.46. The molecule has 0 radical (unpaired) electrons. The van der Waals surface area contributed by atoms with E-state index in [1.54, 1.807) is 25.2 Å². The Bertz CT molecular complexity index is 1070. The van der Waals surface area contributed by atoms with Crippen molar-refractivity contribution in [3.05, 3.63) is 41.1 Å². The third-order valence-electron chi connectivity index (χ3n) is 11.1. The summed E-state index contributed by atoms with van der Waals surface area (Å²) in [4.78, 5) is 25.9. The van der Waals surface area contributed by atoms with Crippen LogP contribution in [0.3, 0.4) is 0 Å². The molecule has 5 nitrogen and oxygen atoms in total. The standard InChI is InChI=1S/C27H35F2N3O2/c1-25-12-11-19-17(10-13-27-26(19,2)14-22(29)24(34)32(27,3)31-27)18(25)8-9-20(25)23(33)30-15-16-6-4-5-7-21(16)28/h4-7,17-20,22H,8-15H2,1-3H3,(H,30,33)/t17?,18-,19?,20+,22+,25-,26+,27+,32?/m0/s1. The van der Waals surface area contributed by atoms with Crippen molar-refractivity contribution in [2.24, 2.45) is 34.5 Å². The van der Waals surface area contributed by atoms with E-state index < -0.39 is 11.8 Å². The fraction of sp³-hybridized carbons (Fsp3) is 0.704. The monoisotopic (exact) mass is 471 g/mol. The van der Waals surface area contributed by atoms with Gasteiger partial charge in [0.05, 0.1) is 12.7 Å². The highest BCUT2D eigenvalue weighted by Crippen LogP contribution is 2.76. The summed E-state index contributed by atoms with van der Waals surface area (Å²) in [5.41, 5.74) is 4.44. The van der Waals surface area contributed by atoms with Crippen molar-refractivity contribution in [2.75, 3.05) is 7.05 Å². The Morgan fingerprint density at radius 3 is 2.68 bits per heavy atom. The van der Waals surface area contributed by atoms with Gasteiger partial charge in [-0.15, -0.1) is 0 Å². The minimum absolute atomic E-state index is 0.0266. The largest absolute Gasteiger partial charge is 0.389 e. The summed E-state index contributed by atoms with van der Waals surface area (Å²) in [5, 5.41) is 3.01. The van der Waals surface area contributed by atoms with Crippen LogP contribution in [-0.4, -0.2) is 35.3 Å². The van der Waals surface area contributed by atoms with Gasteiger partial charge in [-0.1, -0.05) is 32.0 Å². The Hall–Kier alpha value is -1.86. The Morgan fingerprint density at radius 1 is 1.15 bits per heavy atom. The first-order valence-electron chi connectivity index (χ1n) is 12.9. The Labute approximate surface area is 200 Å². The van der Waals surface area contributed by atoms with Crippen LogP contribution in [0.5, 0.6) is 0 Å². The normalized spacial score (nSPS) is 48.9. The molecule has 3 aliphatic carbocycles. The van der Waals surface area contributed by atoms with Crippen LogP contribution < -0.4 is 5.32 Å². The predicted octanol–water partition coefficient (Wildman–Crippen LogP) is 5.01. The molecule has 2 aliphatic heterocycles. The quantitative estimate of drug-likeness (QED) is 0.497. The number of alkyl halides is 1. The third-order valence-corrected chi connectivity index (χ3v) is 11.1. The van der Waals surface area contributed by atoms with Crippen LogP contribution in [0.2, 0.25) is 0 Å². The van der Waals surface area contributed by atoms with E-state index in [0.717, 1.165) is 38.5 Å². The zero-order chi connectivity index (χ0) is 24.1. The van der Waals surface area contributed by atoms with E-state index in [-0.39, 0.29) is 51.9 Å². The molecule has 0 aromatic heterocycles. The lowest BCUT2D eigenvalue weighted by Gasteiger charge is -2.61. The highest BCUT2D eigenvalue weighted by atomic mass is 19.1. The predicted molar refractivity (Wildman–Crippen MR) is 123 cm³/mol. The average molecular weight is 472 g/mol. The molecule has 6 rings (SSSR count). The molecule has 1 aromatic rings. The molecule has 184 valence electrons. The summed E-state index contributed by atoms with van der Waals surface area (Å²) < 4.78 is 28.9. The number of amides is 2. The lowest BCUT2D eigenvalue weighted by molar-refractivity contribution is -0.732. The summed E-state index contributed by atoms with van der Waals surface area (Å²) >= 11 is 0. The molecule has 2 heterocycles. The van der Waals surface area contributed by atoms with E-state index in [1.165, 1.54) is 6.07 Å². The molecular formula is C27H35F2N3O2. The number of carbonyl (C=O) groups excluding carboxylic acids is 2. The second-order valence-electron chi connectivity index (χ2n) is 12.2. The molecule has 1 aromatic carbocycles. The Morgan fingerprint density at radius 2 is 1.91 bits per heavy atom. The van der Waals surface area contributed by atoms with Gasteiger partial charge >= 0.3 is 5.91 Å². The smallest absolute Gasteiger partial charge is 0.337 e. The highest BCUT2D eigenvalue weighted by molar-refractivity contribution is 5.80. The number of benzene rings is 1. The minimum atomic E-state index is -1.44. The maximum atomic E-state index is 14.9. The fourth-order valence-electron chi connectivity index (χ4n) is 9.28. The van der Waals surface area contributed by atoms with Crippen molar-refractivity contribution in [1.82, 2.24) is 5.32 Å². The van der Waals surface area contributed by atoms with Gasteiger partial charge in [0.25, 0.3) is 0 Å². The number of carbonyl (C=O) groups is 2. The van der Waals surface area contributed by atoms with E-state index in [2.05, 4.69) is 19.2 Å².